The predicted octanol–water partition coefficient (Wildman–Crippen LogP) is 14.3. The zero-order chi connectivity index (χ0) is 40.2. The van der Waals surface area contributed by atoms with Crippen molar-refractivity contribution in [2.45, 2.75) is 59.3 Å². The van der Waals surface area contributed by atoms with E-state index >= 15 is 0 Å². The maximum absolute atomic E-state index is 5.46. The summed E-state index contributed by atoms with van der Waals surface area (Å²) in [5, 5.41) is 0. The van der Waals surface area contributed by atoms with Gasteiger partial charge in [-0.2, -0.15) is 0 Å². The molecule has 0 aliphatic heterocycles. The molecule has 2 bridgehead atoms. The first kappa shape index (κ1) is 37.0. The van der Waals surface area contributed by atoms with Gasteiger partial charge in [-0.25, -0.2) is 15.0 Å². The van der Waals surface area contributed by atoms with Crippen molar-refractivity contribution >= 4 is 46.3 Å². The summed E-state index contributed by atoms with van der Waals surface area (Å²) in [7, 11) is 0. The fraction of sp³-hybridized carbons (Fsp3) is 0.241. The Bertz CT molecular complexity index is 2520. The largest absolute Gasteiger partial charge is 0.311 e. The zero-order valence-corrected chi connectivity index (χ0v) is 34.5. The summed E-state index contributed by atoms with van der Waals surface area (Å²) in [6.45, 7) is 10.0. The second-order valence-electron chi connectivity index (χ2n) is 18.1. The lowest BCUT2D eigenvalue weighted by molar-refractivity contribution is 0.00282. The molecule has 6 aromatic carbocycles. The Kier molecular flexibility index (Phi) is 9.08. The molecule has 1 spiro atoms. The molecule has 1 aromatic heterocycles. The van der Waals surface area contributed by atoms with E-state index in [4.69, 9.17) is 15.0 Å². The Balaban J connectivity index is 1.05. The summed E-state index contributed by atoms with van der Waals surface area (Å²) in [6.07, 6.45) is 6.76. The number of hydrogen-bond donors (Lipinski definition) is 0. The van der Waals surface area contributed by atoms with Crippen LogP contribution in [0, 0.1) is 22.2 Å². The minimum absolute atomic E-state index is 0.128. The molecule has 0 saturated heterocycles. The molecule has 0 radical (unpaired) electrons. The van der Waals surface area contributed by atoms with Gasteiger partial charge in [-0.1, -0.05) is 125 Å². The summed E-state index contributed by atoms with van der Waals surface area (Å²) in [6, 6.07) is 59.8. The fourth-order valence-electron chi connectivity index (χ4n) is 11.2. The minimum Gasteiger partial charge on any atom is -0.311 e. The number of anilines is 6. The van der Waals surface area contributed by atoms with Crippen LogP contribution < -0.4 is 9.80 Å². The normalized spacial score (nSPS) is 20.9. The Hall–Kier alpha value is -6.33. The number of rotatable bonds is 9. The highest BCUT2D eigenvalue weighted by atomic mass is 15.1. The number of nitrogens with zero attached hydrogens (tertiary/aromatic N) is 5. The lowest BCUT2D eigenvalue weighted by Crippen LogP contribution is -2.49. The molecule has 3 unspecified atom stereocenters. The van der Waals surface area contributed by atoms with E-state index in [9.17, 15) is 0 Å². The lowest BCUT2D eigenvalue weighted by atomic mass is 9.48. The molecule has 2 saturated carbocycles. The molecule has 3 aliphatic rings. The van der Waals surface area contributed by atoms with Crippen LogP contribution in [0.1, 0.15) is 69.7 Å². The van der Waals surface area contributed by atoms with Gasteiger partial charge in [-0.05, 0) is 126 Å². The molecule has 3 atom stereocenters. The van der Waals surface area contributed by atoms with E-state index in [1.165, 1.54) is 30.5 Å². The first-order valence-corrected chi connectivity index (χ1v) is 21.2. The van der Waals surface area contributed by atoms with Gasteiger partial charge in [0.1, 0.15) is 0 Å². The lowest BCUT2D eigenvalue weighted by Gasteiger charge is -2.55. The van der Waals surface area contributed by atoms with Gasteiger partial charge in [-0.3, -0.25) is 0 Å². The van der Waals surface area contributed by atoms with E-state index in [1.807, 2.05) is 6.21 Å². The van der Waals surface area contributed by atoms with Crippen LogP contribution in [0.15, 0.2) is 175 Å². The molecule has 10 rings (SSSR count). The van der Waals surface area contributed by atoms with Gasteiger partial charge < -0.3 is 9.80 Å². The quantitative estimate of drug-likeness (QED) is 0.137. The number of fused-ring (bicyclic) bond motifs is 3. The van der Waals surface area contributed by atoms with E-state index < -0.39 is 0 Å². The summed E-state index contributed by atoms with van der Waals surface area (Å²) in [5.41, 5.74) is 12.8. The van der Waals surface area contributed by atoms with E-state index in [0.717, 1.165) is 57.4 Å². The van der Waals surface area contributed by atoms with Crippen LogP contribution in [-0.2, 0) is 6.42 Å². The third kappa shape index (κ3) is 6.35. The van der Waals surface area contributed by atoms with Crippen molar-refractivity contribution in [3.63, 3.8) is 0 Å². The van der Waals surface area contributed by atoms with E-state index in [2.05, 4.69) is 207 Å². The number of benzene rings is 6. The second kappa shape index (κ2) is 14.5. The summed E-state index contributed by atoms with van der Waals surface area (Å²) in [5.74, 6) is 1.59. The maximum atomic E-state index is 5.46. The Morgan fingerprint density at radius 3 is 1.51 bits per heavy atom. The second-order valence-corrected chi connectivity index (χ2v) is 18.1. The van der Waals surface area contributed by atoms with E-state index in [1.54, 1.807) is 0 Å². The van der Waals surface area contributed by atoms with Gasteiger partial charge in [0.15, 0.2) is 0 Å². The number of hydrogen-bond acceptors (Lipinski definition) is 5. The molecule has 1 heterocycles. The third-order valence-corrected chi connectivity index (χ3v) is 14.1. The van der Waals surface area contributed by atoms with Gasteiger partial charge in [0, 0.05) is 57.4 Å². The molecular weight excluding hydrogens is 719 g/mol. The monoisotopic (exact) mass is 769 g/mol. The topological polar surface area (TPSA) is 44.6 Å². The van der Waals surface area contributed by atoms with Crippen LogP contribution in [0.4, 0.5) is 40.1 Å². The van der Waals surface area contributed by atoms with Crippen LogP contribution in [0.3, 0.4) is 0 Å². The standard InChI is InChI=1S/C54H51N5/c1-52(2)36-47-48(39-27-31-46(32-28-39)59(43-21-13-7-14-22-43)44-23-15-8-16-24-44)56-51(57-49(47)50-53(3,4)40-33-34-54(50,52)35-40)55-37-38-25-29-45(30-26-38)58(41-17-9-5-10-18-41)42-19-11-6-12-20-42/h5-32,37,40,50H,33-36H2,1-4H3/b55-37+. The van der Waals surface area contributed by atoms with Crippen molar-refractivity contribution in [1.82, 2.24) is 9.97 Å². The SMILES string of the molecule is CC1(C)C2CCC3(C2)C1c1nc(/N=C/c2ccc(N(c4ccccc4)c4ccccc4)cc2)nc(-c2ccc(N(c4ccccc4)c4ccccc4)cc2)c1CC3(C)C. The van der Waals surface area contributed by atoms with Gasteiger partial charge in [0.2, 0.25) is 5.95 Å². The van der Waals surface area contributed by atoms with Crippen molar-refractivity contribution in [3.8, 4) is 11.3 Å². The van der Waals surface area contributed by atoms with Gasteiger partial charge >= 0.3 is 0 Å². The molecule has 5 heteroatoms. The summed E-state index contributed by atoms with van der Waals surface area (Å²) < 4.78 is 0. The van der Waals surface area contributed by atoms with E-state index in [0.29, 0.717) is 17.8 Å². The molecule has 0 N–H and O–H groups in total. The van der Waals surface area contributed by atoms with Crippen molar-refractivity contribution in [3.05, 3.63) is 187 Å². The van der Waals surface area contributed by atoms with Gasteiger partial charge in [0.25, 0.3) is 0 Å². The molecule has 5 nitrogen and oxygen atoms in total. The Labute approximate surface area is 349 Å². The highest BCUT2D eigenvalue weighted by molar-refractivity contribution is 5.84. The number of para-hydroxylation sites is 4. The minimum atomic E-state index is 0.128. The average Bonchev–Trinajstić information content (AvgIpc) is 3.82. The highest BCUT2D eigenvalue weighted by Gasteiger charge is 2.69. The van der Waals surface area contributed by atoms with Crippen LogP contribution in [-0.4, -0.2) is 16.2 Å². The fourth-order valence-corrected chi connectivity index (χ4v) is 11.2. The number of aliphatic imine (C=N–C) groups is 1. The van der Waals surface area contributed by atoms with Crippen molar-refractivity contribution in [1.29, 1.82) is 0 Å². The maximum Gasteiger partial charge on any atom is 0.250 e. The predicted molar refractivity (Wildman–Crippen MR) is 244 cm³/mol. The number of aromatic nitrogens is 2. The molecular formula is C54H51N5. The van der Waals surface area contributed by atoms with Crippen LogP contribution >= 0.6 is 0 Å². The Morgan fingerprint density at radius 2 is 1.02 bits per heavy atom. The molecule has 2 fully saturated rings. The van der Waals surface area contributed by atoms with Crippen LogP contribution in [0.5, 0.6) is 0 Å². The molecule has 292 valence electrons. The molecule has 59 heavy (non-hydrogen) atoms. The smallest absolute Gasteiger partial charge is 0.250 e. The van der Waals surface area contributed by atoms with Crippen molar-refractivity contribution in [2.75, 3.05) is 9.80 Å². The summed E-state index contributed by atoms with van der Waals surface area (Å²) in [4.78, 5) is 20.5. The van der Waals surface area contributed by atoms with Crippen LogP contribution in [0.2, 0.25) is 0 Å². The molecule has 7 aromatic rings. The van der Waals surface area contributed by atoms with E-state index in [-0.39, 0.29) is 16.2 Å². The third-order valence-electron chi connectivity index (χ3n) is 14.1. The average molecular weight is 770 g/mol. The molecule has 0 amide bonds. The first-order chi connectivity index (χ1) is 28.7. The summed E-state index contributed by atoms with van der Waals surface area (Å²) >= 11 is 0. The van der Waals surface area contributed by atoms with Gasteiger partial charge in [0.05, 0.1) is 11.4 Å². The van der Waals surface area contributed by atoms with Crippen LogP contribution in [0.25, 0.3) is 11.3 Å². The van der Waals surface area contributed by atoms with Crippen molar-refractivity contribution < 1.29 is 0 Å². The Morgan fingerprint density at radius 1 is 0.559 bits per heavy atom. The van der Waals surface area contributed by atoms with Crippen molar-refractivity contribution in [2.24, 2.45) is 27.2 Å². The van der Waals surface area contributed by atoms with Gasteiger partial charge in [-0.15, -0.1) is 0 Å². The first-order valence-electron chi connectivity index (χ1n) is 21.2. The molecule has 3 aliphatic carbocycles. The zero-order valence-electron chi connectivity index (χ0n) is 34.5. The highest BCUT2D eigenvalue weighted by Crippen LogP contribution is 2.77.